The Morgan fingerprint density at radius 3 is 2.56 bits per heavy atom. The van der Waals surface area contributed by atoms with Crippen LogP contribution in [0.5, 0.6) is 5.75 Å². The highest BCUT2D eigenvalue weighted by molar-refractivity contribution is 6.42. The molecule has 0 bridgehead atoms. The zero-order valence-electron chi connectivity index (χ0n) is 13.7. The molecule has 1 aromatic rings. The van der Waals surface area contributed by atoms with E-state index in [0.717, 1.165) is 12.8 Å². The van der Waals surface area contributed by atoms with Crippen molar-refractivity contribution in [3.05, 3.63) is 34.8 Å². The van der Waals surface area contributed by atoms with Gasteiger partial charge in [0.05, 0.1) is 22.3 Å². The van der Waals surface area contributed by atoms with E-state index in [-0.39, 0.29) is 29.1 Å². The van der Waals surface area contributed by atoms with Crippen molar-refractivity contribution in [1.29, 1.82) is 0 Å². The highest BCUT2D eigenvalue weighted by atomic mass is 35.5. The van der Waals surface area contributed by atoms with Gasteiger partial charge in [-0.1, -0.05) is 29.8 Å². The van der Waals surface area contributed by atoms with Crippen LogP contribution in [-0.2, 0) is 9.59 Å². The van der Waals surface area contributed by atoms with Crippen molar-refractivity contribution in [3.8, 4) is 5.75 Å². The molecular weight excluding hydrogens is 365 g/mol. The van der Waals surface area contributed by atoms with Gasteiger partial charge in [-0.3, -0.25) is 9.59 Å². The fraction of sp³-hybridized carbons (Fsp3) is 0.412. The van der Waals surface area contributed by atoms with E-state index in [4.69, 9.17) is 23.2 Å². The Bertz CT molecular complexity index is 659. The molecule has 1 aliphatic rings. The number of nitrogens with one attached hydrogen (secondary N) is 2. The average molecular weight is 386 g/mol. The molecule has 3 N–H and O–H groups in total. The first-order valence-electron chi connectivity index (χ1n) is 8.00. The summed E-state index contributed by atoms with van der Waals surface area (Å²) in [6.07, 6.45) is 2.92. The van der Waals surface area contributed by atoms with Gasteiger partial charge in [-0.25, -0.2) is 0 Å². The molecule has 2 amide bonds. The van der Waals surface area contributed by atoms with Crippen LogP contribution in [0.15, 0.2) is 24.8 Å². The van der Waals surface area contributed by atoms with Gasteiger partial charge in [0, 0.05) is 25.7 Å². The largest absolute Gasteiger partial charge is 0.506 e. The Morgan fingerprint density at radius 2 is 1.92 bits per heavy atom. The van der Waals surface area contributed by atoms with Crippen LogP contribution in [-0.4, -0.2) is 48.0 Å². The monoisotopic (exact) mass is 385 g/mol. The molecule has 1 fully saturated rings. The van der Waals surface area contributed by atoms with Crippen LogP contribution in [0.4, 0.5) is 5.69 Å². The second kappa shape index (κ2) is 8.97. The molecule has 0 saturated carbocycles. The molecular formula is C17H21Cl2N3O3. The van der Waals surface area contributed by atoms with Gasteiger partial charge in [-0.2, -0.15) is 0 Å². The summed E-state index contributed by atoms with van der Waals surface area (Å²) in [7, 11) is 0. The number of piperidine rings is 1. The van der Waals surface area contributed by atoms with Gasteiger partial charge in [0.15, 0.2) is 0 Å². The van der Waals surface area contributed by atoms with Crippen LogP contribution < -0.4 is 10.6 Å². The molecule has 0 aliphatic carbocycles. The number of carbonyl (C=O) groups excluding carboxylic acids is 2. The van der Waals surface area contributed by atoms with Gasteiger partial charge in [-0.15, -0.1) is 0 Å². The van der Waals surface area contributed by atoms with Crippen LogP contribution in [0.1, 0.15) is 12.8 Å². The number of rotatable bonds is 6. The van der Waals surface area contributed by atoms with Gasteiger partial charge >= 0.3 is 0 Å². The van der Waals surface area contributed by atoms with Crippen LogP contribution in [0.3, 0.4) is 0 Å². The van der Waals surface area contributed by atoms with Crippen LogP contribution in [0, 0.1) is 5.92 Å². The number of aromatic hydroxyl groups is 1. The predicted molar refractivity (Wildman–Crippen MR) is 99.1 cm³/mol. The van der Waals surface area contributed by atoms with Crippen LogP contribution in [0.25, 0.3) is 0 Å². The summed E-state index contributed by atoms with van der Waals surface area (Å²) in [5.41, 5.74) is 0.366. The van der Waals surface area contributed by atoms with Crippen molar-refractivity contribution in [2.45, 2.75) is 12.8 Å². The minimum absolute atomic E-state index is 0.0564. The van der Waals surface area contributed by atoms with E-state index in [1.165, 1.54) is 18.2 Å². The van der Waals surface area contributed by atoms with Gasteiger partial charge in [0.25, 0.3) is 0 Å². The quantitative estimate of drug-likeness (QED) is 0.519. The number of halogens is 2. The van der Waals surface area contributed by atoms with Crippen molar-refractivity contribution < 1.29 is 14.7 Å². The van der Waals surface area contributed by atoms with E-state index in [1.54, 1.807) is 4.90 Å². The van der Waals surface area contributed by atoms with Gasteiger partial charge in [-0.05, 0) is 30.9 Å². The number of hydrogen-bond acceptors (Lipinski definition) is 4. The van der Waals surface area contributed by atoms with Gasteiger partial charge in [0.2, 0.25) is 11.8 Å². The molecule has 1 aliphatic heterocycles. The SMILES string of the molecule is C=CC(=O)NCC1CCN(C(=O)CNc2cc(Cl)c(Cl)cc2O)CC1. The Hall–Kier alpha value is -1.92. The Balaban J connectivity index is 1.78. The first-order valence-corrected chi connectivity index (χ1v) is 8.76. The molecule has 8 heteroatoms. The second-order valence-corrected chi connectivity index (χ2v) is 6.72. The Morgan fingerprint density at radius 1 is 1.28 bits per heavy atom. The summed E-state index contributed by atoms with van der Waals surface area (Å²) in [6.45, 7) is 5.36. The highest BCUT2D eigenvalue weighted by Gasteiger charge is 2.23. The number of hydrogen-bond donors (Lipinski definition) is 3. The number of likely N-dealkylation sites (tertiary alicyclic amines) is 1. The van der Waals surface area contributed by atoms with E-state index in [9.17, 15) is 14.7 Å². The van der Waals surface area contributed by atoms with E-state index < -0.39 is 0 Å². The van der Waals surface area contributed by atoms with Gasteiger partial charge in [0.1, 0.15) is 5.75 Å². The van der Waals surface area contributed by atoms with E-state index in [2.05, 4.69) is 17.2 Å². The molecule has 2 rings (SSSR count). The molecule has 0 unspecified atom stereocenters. The fourth-order valence-corrected chi connectivity index (χ4v) is 2.99. The van der Waals surface area contributed by atoms with Gasteiger partial charge < -0.3 is 20.6 Å². The summed E-state index contributed by atoms with van der Waals surface area (Å²) in [5, 5.41) is 16.0. The average Bonchev–Trinajstić information content (AvgIpc) is 2.61. The van der Waals surface area contributed by atoms with E-state index in [0.29, 0.717) is 36.3 Å². The maximum Gasteiger partial charge on any atom is 0.243 e. The lowest BCUT2D eigenvalue weighted by Crippen LogP contribution is -2.43. The lowest BCUT2D eigenvalue weighted by molar-refractivity contribution is -0.130. The van der Waals surface area contributed by atoms with Crippen LogP contribution in [0.2, 0.25) is 10.0 Å². The Kier molecular flexibility index (Phi) is 6.96. The molecule has 0 aromatic heterocycles. The summed E-state index contributed by atoms with van der Waals surface area (Å²) in [6, 6.07) is 2.82. The molecule has 0 radical (unpaired) electrons. The molecule has 0 spiro atoms. The maximum absolute atomic E-state index is 12.3. The van der Waals surface area contributed by atoms with Crippen LogP contribution >= 0.6 is 23.2 Å². The molecule has 136 valence electrons. The number of phenols is 1. The third kappa shape index (κ3) is 5.54. The van der Waals surface area contributed by atoms with E-state index >= 15 is 0 Å². The van der Waals surface area contributed by atoms with Crippen molar-refractivity contribution in [3.63, 3.8) is 0 Å². The number of nitrogens with zero attached hydrogens (tertiary/aromatic N) is 1. The molecule has 25 heavy (non-hydrogen) atoms. The smallest absolute Gasteiger partial charge is 0.243 e. The van der Waals surface area contributed by atoms with E-state index in [1.807, 2.05) is 0 Å². The standard InChI is InChI=1S/C17H21Cl2N3O3/c1-2-16(24)21-9-11-3-5-22(6-4-11)17(25)10-20-14-7-12(18)13(19)8-15(14)23/h2,7-8,11,20,23H,1,3-6,9-10H2,(H,21,24). The van der Waals surface area contributed by atoms with Crippen molar-refractivity contribution in [2.24, 2.45) is 5.92 Å². The topological polar surface area (TPSA) is 81.7 Å². The normalized spacial score (nSPS) is 14.9. The number of phenolic OH excluding ortho intramolecular Hbond substituents is 1. The van der Waals surface area contributed by atoms with Crippen molar-refractivity contribution in [1.82, 2.24) is 10.2 Å². The summed E-state index contributed by atoms with van der Waals surface area (Å²) < 4.78 is 0. The number of anilines is 1. The third-order valence-corrected chi connectivity index (χ3v) is 4.91. The number of amides is 2. The highest BCUT2D eigenvalue weighted by Crippen LogP contribution is 2.33. The first kappa shape index (κ1) is 19.4. The Labute approximate surface area is 156 Å². The zero-order valence-corrected chi connectivity index (χ0v) is 15.2. The number of benzene rings is 1. The summed E-state index contributed by atoms with van der Waals surface area (Å²) >= 11 is 11.7. The molecule has 1 saturated heterocycles. The first-order chi connectivity index (χ1) is 11.9. The second-order valence-electron chi connectivity index (χ2n) is 5.91. The fourth-order valence-electron chi connectivity index (χ4n) is 2.66. The molecule has 0 atom stereocenters. The summed E-state index contributed by atoms with van der Waals surface area (Å²) in [5.74, 6) is 0.0714. The summed E-state index contributed by atoms with van der Waals surface area (Å²) in [4.78, 5) is 25.2. The zero-order chi connectivity index (χ0) is 18.4. The lowest BCUT2D eigenvalue weighted by Gasteiger charge is -2.32. The van der Waals surface area contributed by atoms with Crippen molar-refractivity contribution in [2.75, 3.05) is 31.5 Å². The molecule has 1 heterocycles. The van der Waals surface area contributed by atoms with Crippen molar-refractivity contribution >= 4 is 40.7 Å². The molecule has 1 aromatic carbocycles. The third-order valence-electron chi connectivity index (χ3n) is 4.19. The minimum atomic E-state index is -0.177. The number of carbonyl (C=O) groups is 2. The lowest BCUT2D eigenvalue weighted by atomic mass is 9.96. The predicted octanol–water partition coefficient (Wildman–Crippen LogP) is 2.65. The molecule has 6 nitrogen and oxygen atoms in total. The minimum Gasteiger partial charge on any atom is -0.506 e. The maximum atomic E-state index is 12.3.